The van der Waals surface area contributed by atoms with Gasteiger partial charge in [0.25, 0.3) is 0 Å². The fourth-order valence-corrected chi connectivity index (χ4v) is 3.49. The first-order chi connectivity index (χ1) is 12.6. The van der Waals surface area contributed by atoms with Crippen LogP contribution in [0, 0.1) is 6.92 Å². The number of halogens is 1. The molecule has 0 unspecified atom stereocenters. The Morgan fingerprint density at radius 3 is 2.42 bits per heavy atom. The van der Waals surface area contributed by atoms with Gasteiger partial charge in [-0.25, -0.2) is 0 Å². The van der Waals surface area contributed by atoms with E-state index in [0.29, 0.717) is 6.42 Å². The first-order valence-corrected chi connectivity index (χ1v) is 9.36. The second kappa shape index (κ2) is 8.45. The third-order valence-electron chi connectivity index (χ3n) is 4.93. The predicted molar refractivity (Wildman–Crippen MR) is 106 cm³/mol. The van der Waals surface area contributed by atoms with Crippen molar-refractivity contribution in [3.63, 3.8) is 0 Å². The quantitative estimate of drug-likeness (QED) is 0.797. The van der Waals surface area contributed by atoms with E-state index in [4.69, 9.17) is 16.3 Å². The lowest BCUT2D eigenvalue weighted by molar-refractivity contribution is -0.131. The Balaban J connectivity index is 1.50. The van der Waals surface area contributed by atoms with Crippen molar-refractivity contribution >= 4 is 23.2 Å². The number of amides is 1. The Hall–Kier alpha value is -2.20. The number of methoxy groups -OCH3 is 1. The van der Waals surface area contributed by atoms with E-state index in [0.717, 1.165) is 48.9 Å². The molecule has 3 rings (SSSR count). The zero-order valence-electron chi connectivity index (χ0n) is 15.4. The van der Waals surface area contributed by atoms with Crippen LogP contribution in [0.3, 0.4) is 0 Å². The van der Waals surface area contributed by atoms with Gasteiger partial charge in [0.05, 0.1) is 7.11 Å². The molecule has 0 saturated carbocycles. The van der Waals surface area contributed by atoms with Crippen LogP contribution in [0.1, 0.15) is 17.5 Å². The van der Waals surface area contributed by atoms with Crippen LogP contribution in [-0.4, -0.2) is 44.1 Å². The van der Waals surface area contributed by atoms with Gasteiger partial charge in [-0.3, -0.25) is 4.79 Å². The summed E-state index contributed by atoms with van der Waals surface area (Å²) in [6.45, 7) is 5.30. The van der Waals surface area contributed by atoms with Crippen molar-refractivity contribution in [3.8, 4) is 5.75 Å². The van der Waals surface area contributed by atoms with E-state index in [-0.39, 0.29) is 5.91 Å². The normalized spacial score (nSPS) is 14.4. The van der Waals surface area contributed by atoms with E-state index in [9.17, 15) is 4.79 Å². The van der Waals surface area contributed by atoms with Crippen LogP contribution in [0.2, 0.25) is 5.02 Å². The van der Waals surface area contributed by atoms with Gasteiger partial charge in [-0.1, -0.05) is 29.8 Å². The number of carbonyl (C=O) groups excluding carboxylic acids is 1. The largest absolute Gasteiger partial charge is 0.497 e. The molecule has 2 aromatic carbocycles. The summed E-state index contributed by atoms with van der Waals surface area (Å²) in [4.78, 5) is 16.8. The first kappa shape index (κ1) is 18.6. The molecule has 5 heteroatoms. The zero-order chi connectivity index (χ0) is 18.5. The molecule has 1 saturated heterocycles. The van der Waals surface area contributed by atoms with Gasteiger partial charge in [-0.2, -0.15) is 0 Å². The Morgan fingerprint density at radius 2 is 1.77 bits per heavy atom. The number of piperazine rings is 1. The number of benzene rings is 2. The van der Waals surface area contributed by atoms with Crippen molar-refractivity contribution in [1.29, 1.82) is 0 Å². The summed E-state index contributed by atoms with van der Waals surface area (Å²) in [5, 5.41) is 0.753. The average molecular weight is 373 g/mol. The monoisotopic (exact) mass is 372 g/mol. The molecule has 1 aliphatic rings. The molecule has 2 aromatic rings. The summed E-state index contributed by atoms with van der Waals surface area (Å²) in [7, 11) is 1.66. The van der Waals surface area contributed by atoms with Gasteiger partial charge in [0.15, 0.2) is 0 Å². The highest BCUT2D eigenvalue weighted by molar-refractivity contribution is 6.30. The molecule has 0 N–H and O–H groups in total. The number of rotatable bonds is 5. The first-order valence-electron chi connectivity index (χ1n) is 8.98. The third-order valence-corrected chi connectivity index (χ3v) is 5.17. The maximum Gasteiger partial charge on any atom is 0.223 e. The predicted octanol–water partition coefficient (Wildman–Crippen LogP) is 3.94. The number of anilines is 1. The van der Waals surface area contributed by atoms with E-state index in [2.05, 4.69) is 11.8 Å². The molecule has 26 heavy (non-hydrogen) atoms. The van der Waals surface area contributed by atoms with Crippen molar-refractivity contribution in [2.24, 2.45) is 0 Å². The zero-order valence-corrected chi connectivity index (χ0v) is 16.1. The molecule has 1 aliphatic heterocycles. The molecule has 0 aliphatic carbocycles. The van der Waals surface area contributed by atoms with Crippen LogP contribution in [0.25, 0.3) is 0 Å². The highest BCUT2D eigenvalue weighted by Gasteiger charge is 2.22. The molecule has 138 valence electrons. The average Bonchev–Trinajstić information content (AvgIpc) is 2.68. The van der Waals surface area contributed by atoms with Crippen LogP contribution in [0.5, 0.6) is 5.75 Å². The number of carbonyl (C=O) groups is 1. The van der Waals surface area contributed by atoms with Gasteiger partial charge in [0.2, 0.25) is 5.91 Å². The molecular weight excluding hydrogens is 348 g/mol. The minimum Gasteiger partial charge on any atom is -0.497 e. The SMILES string of the molecule is COc1ccc(CCC(=O)N2CCN(c3cc(Cl)ccc3C)CC2)cc1. The molecule has 0 bridgehead atoms. The standard InChI is InChI=1S/C21H25ClN2O2/c1-16-3-7-18(22)15-20(16)23-11-13-24(14-12-23)21(25)10-6-17-4-8-19(26-2)9-5-17/h3-5,7-9,15H,6,10-14H2,1-2H3. The van der Waals surface area contributed by atoms with Gasteiger partial charge in [-0.15, -0.1) is 0 Å². The van der Waals surface area contributed by atoms with Crippen LogP contribution in [-0.2, 0) is 11.2 Å². The van der Waals surface area contributed by atoms with E-state index in [1.54, 1.807) is 7.11 Å². The van der Waals surface area contributed by atoms with Crippen molar-refractivity contribution in [2.75, 3.05) is 38.2 Å². The molecule has 0 atom stereocenters. The summed E-state index contributed by atoms with van der Waals surface area (Å²) in [6, 6.07) is 13.9. The van der Waals surface area contributed by atoms with E-state index in [1.165, 1.54) is 11.3 Å². The third kappa shape index (κ3) is 4.50. The maximum absolute atomic E-state index is 12.5. The van der Waals surface area contributed by atoms with Crippen molar-refractivity contribution in [3.05, 3.63) is 58.6 Å². The molecule has 0 aromatic heterocycles. The Kier molecular flexibility index (Phi) is 6.04. The summed E-state index contributed by atoms with van der Waals surface area (Å²) in [5.74, 6) is 1.07. The van der Waals surface area contributed by atoms with Gasteiger partial charge < -0.3 is 14.5 Å². The van der Waals surface area contributed by atoms with E-state index in [1.807, 2.05) is 47.4 Å². The van der Waals surface area contributed by atoms with E-state index < -0.39 is 0 Å². The molecule has 0 spiro atoms. The topological polar surface area (TPSA) is 32.8 Å². The second-order valence-electron chi connectivity index (χ2n) is 6.65. The Labute approximate surface area is 160 Å². The van der Waals surface area contributed by atoms with Crippen molar-refractivity contribution in [1.82, 2.24) is 4.90 Å². The van der Waals surface area contributed by atoms with Crippen LogP contribution in [0.4, 0.5) is 5.69 Å². The van der Waals surface area contributed by atoms with E-state index >= 15 is 0 Å². The van der Waals surface area contributed by atoms with Crippen LogP contribution in [0.15, 0.2) is 42.5 Å². The molecule has 0 radical (unpaired) electrons. The minimum absolute atomic E-state index is 0.225. The van der Waals surface area contributed by atoms with Crippen LogP contribution >= 0.6 is 11.6 Å². The summed E-state index contributed by atoms with van der Waals surface area (Å²) in [6.07, 6.45) is 1.30. The van der Waals surface area contributed by atoms with Gasteiger partial charge in [-0.05, 0) is 48.7 Å². The summed E-state index contributed by atoms with van der Waals surface area (Å²) < 4.78 is 5.16. The number of nitrogens with zero attached hydrogens (tertiary/aromatic N) is 2. The smallest absolute Gasteiger partial charge is 0.223 e. The molecule has 1 amide bonds. The fourth-order valence-electron chi connectivity index (χ4n) is 3.32. The van der Waals surface area contributed by atoms with Gasteiger partial charge >= 0.3 is 0 Å². The van der Waals surface area contributed by atoms with Crippen LogP contribution < -0.4 is 9.64 Å². The number of ether oxygens (including phenoxy) is 1. The highest BCUT2D eigenvalue weighted by atomic mass is 35.5. The van der Waals surface area contributed by atoms with Crippen molar-refractivity contribution < 1.29 is 9.53 Å². The lowest BCUT2D eigenvalue weighted by Gasteiger charge is -2.37. The maximum atomic E-state index is 12.5. The lowest BCUT2D eigenvalue weighted by Crippen LogP contribution is -2.49. The molecule has 1 heterocycles. The number of hydrogen-bond acceptors (Lipinski definition) is 3. The highest BCUT2D eigenvalue weighted by Crippen LogP contribution is 2.25. The number of hydrogen-bond donors (Lipinski definition) is 0. The van der Waals surface area contributed by atoms with Gasteiger partial charge in [0, 0.05) is 43.3 Å². The summed E-state index contributed by atoms with van der Waals surface area (Å²) >= 11 is 6.13. The molecule has 4 nitrogen and oxygen atoms in total. The fraction of sp³-hybridized carbons (Fsp3) is 0.381. The lowest BCUT2D eigenvalue weighted by atomic mass is 10.1. The summed E-state index contributed by atoms with van der Waals surface area (Å²) in [5.41, 5.74) is 3.55. The van der Waals surface area contributed by atoms with Crippen molar-refractivity contribution in [2.45, 2.75) is 19.8 Å². The second-order valence-corrected chi connectivity index (χ2v) is 7.08. The minimum atomic E-state index is 0.225. The Bertz CT molecular complexity index is 753. The molecular formula is C21H25ClN2O2. The Morgan fingerprint density at radius 1 is 1.08 bits per heavy atom. The number of aryl methyl sites for hydroxylation is 2. The molecule has 1 fully saturated rings. The van der Waals surface area contributed by atoms with Gasteiger partial charge in [0.1, 0.15) is 5.75 Å².